The molecule has 1 fully saturated rings. The van der Waals surface area contributed by atoms with E-state index >= 15 is 0 Å². The van der Waals surface area contributed by atoms with Crippen LogP contribution in [0.25, 0.3) is 6.08 Å². The van der Waals surface area contributed by atoms with Crippen molar-refractivity contribution in [1.82, 2.24) is 9.96 Å². The Morgan fingerprint density at radius 2 is 1.19 bits per heavy atom. The van der Waals surface area contributed by atoms with Crippen molar-refractivity contribution >= 4 is 50.9 Å². The highest BCUT2D eigenvalue weighted by molar-refractivity contribution is 7.85. The van der Waals surface area contributed by atoms with Gasteiger partial charge in [-0.05, 0) is 57.1 Å². The SMILES string of the molecule is CCCN(OCC)C(=O)C1=Cc2sc(CCC3CCN(C(O)CCOCCOCCOCCOCCOCCOCCOCCOCCOCCOCCC(=O)Oc4c(F)c(F)c(S(=O)(=O)O)c(F)c4F)CC3)cc2N=C(N)C1. The van der Waals surface area contributed by atoms with Crippen molar-refractivity contribution in [2.24, 2.45) is 16.6 Å². The summed E-state index contributed by atoms with van der Waals surface area (Å²) in [6.07, 6.45) is 6.43. The Hall–Kier alpha value is -3.82. The summed E-state index contributed by atoms with van der Waals surface area (Å²) < 4.78 is 145. The van der Waals surface area contributed by atoms with Crippen molar-refractivity contribution in [1.29, 1.82) is 0 Å². The minimum atomic E-state index is -5.65. The van der Waals surface area contributed by atoms with Crippen LogP contribution in [0.15, 0.2) is 21.5 Å². The lowest BCUT2D eigenvalue weighted by molar-refractivity contribution is -0.180. The van der Waals surface area contributed by atoms with Crippen LogP contribution in [0.4, 0.5) is 23.2 Å². The number of fused-ring (bicyclic) bond motifs is 1. The van der Waals surface area contributed by atoms with E-state index in [1.807, 2.05) is 19.9 Å². The number of rotatable bonds is 44. The zero-order valence-electron chi connectivity index (χ0n) is 45.1. The van der Waals surface area contributed by atoms with E-state index in [2.05, 4.69) is 20.7 Å². The monoisotopic (exact) mass is 1170 g/mol. The first-order valence-electron chi connectivity index (χ1n) is 26.5. The molecule has 28 heteroatoms. The Labute approximate surface area is 463 Å². The maximum absolute atomic E-state index is 14.0. The van der Waals surface area contributed by atoms with E-state index < -0.39 is 62.7 Å². The van der Waals surface area contributed by atoms with Crippen LogP contribution in [0, 0.1) is 29.2 Å². The number of amides is 1. The minimum absolute atomic E-state index is 0.0216. The third-order valence-electron chi connectivity index (χ3n) is 11.8. The van der Waals surface area contributed by atoms with Crippen LogP contribution in [0.3, 0.4) is 0 Å². The molecule has 22 nitrogen and oxygen atoms in total. The molecule has 0 spiro atoms. The number of hydrogen-bond donors (Lipinski definition) is 3. The van der Waals surface area contributed by atoms with Gasteiger partial charge in [0.05, 0.1) is 156 Å². The zero-order chi connectivity index (χ0) is 57.3. The summed E-state index contributed by atoms with van der Waals surface area (Å²) in [5.41, 5.74) is 7.63. The van der Waals surface area contributed by atoms with Gasteiger partial charge >= 0.3 is 16.1 Å². The summed E-state index contributed by atoms with van der Waals surface area (Å²) in [4.78, 5) is 37.3. The van der Waals surface area contributed by atoms with E-state index in [9.17, 15) is 40.7 Å². The Kier molecular flexibility index (Phi) is 33.2. The van der Waals surface area contributed by atoms with Crippen LogP contribution < -0.4 is 10.5 Å². The van der Waals surface area contributed by atoms with Gasteiger partial charge in [0.1, 0.15) is 12.1 Å². The number of nitrogens with two attached hydrogens (primary N) is 1. The van der Waals surface area contributed by atoms with E-state index in [0.717, 1.165) is 55.8 Å². The number of amidine groups is 1. The Balaban J connectivity index is 0.838. The molecule has 0 aliphatic carbocycles. The van der Waals surface area contributed by atoms with Crippen molar-refractivity contribution in [2.75, 3.05) is 158 Å². The second-order valence-corrected chi connectivity index (χ2v) is 20.3. The molecule has 4 N–H and O–H groups in total. The Bertz CT molecular complexity index is 2240. The number of ether oxygens (including phenoxy) is 11. The van der Waals surface area contributed by atoms with Crippen LogP contribution in [0.1, 0.15) is 68.5 Å². The smallest absolute Gasteiger partial charge is 0.313 e. The first-order valence-corrected chi connectivity index (χ1v) is 28.7. The maximum atomic E-state index is 14.0. The molecule has 2 aliphatic rings. The van der Waals surface area contributed by atoms with Gasteiger partial charge in [0, 0.05) is 42.9 Å². The first kappa shape index (κ1) is 67.7. The average Bonchev–Trinajstić information content (AvgIpc) is 3.79. The molecule has 0 saturated carbocycles. The maximum Gasteiger partial charge on any atom is 0.313 e. The fraction of sp³-hybridized carbons (Fsp3) is 0.706. The van der Waals surface area contributed by atoms with Crippen molar-refractivity contribution in [2.45, 2.75) is 76.3 Å². The largest absolute Gasteiger partial charge is 0.420 e. The predicted octanol–water partition coefficient (Wildman–Crippen LogP) is 5.03. The molecule has 0 radical (unpaired) electrons. The van der Waals surface area contributed by atoms with Gasteiger partial charge in [0.2, 0.25) is 17.4 Å². The minimum Gasteiger partial charge on any atom is -0.420 e. The number of esters is 1. The van der Waals surface area contributed by atoms with Crippen molar-refractivity contribution in [3.05, 3.63) is 44.7 Å². The zero-order valence-corrected chi connectivity index (χ0v) is 46.7. The summed E-state index contributed by atoms with van der Waals surface area (Å²) in [5.74, 6) is -11.8. The van der Waals surface area contributed by atoms with Gasteiger partial charge in [-0.2, -0.15) is 17.2 Å². The number of aliphatic hydroxyl groups is 1. The van der Waals surface area contributed by atoms with Crippen molar-refractivity contribution in [3.63, 3.8) is 0 Å². The summed E-state index contributed by atoms with van der Waals surface area (Å²) in [7, 11) is -5.65. The molecule has 2 aliphatic heterocycles. The summed E-state index contributed by atoms with van der Waals surface area (Å²) >= 11 is 1.67. The number of carbonyl (C=O) groups excluding carboxylic acids is 2. The second kappa shape index (κ2) is 38.8. The molecule has 1 amide bonds. The lowest BCUT2D eigenvalue weighted by Gasteiger charge is -2.35. The highest BCUT2D eigenvalue weighted by atomic mass is 32.2. The van der Waals surface area contributed by atoms with E-state index in [-0.39, 0.29) is 38.9 Å². The topological polar surface area (TPSA) is 264 Å². The van der Waals surface area contributed by atoms with Gasteiger partial charge in [-0.3, -0.25) is 23.9 Å². The number of thiophene rings is 1. The van der Waals surface area contributed by atoms with Gasteiger partial charge < -0.3 is 62.9 Å². The summed E-state index contributed by atoms with van der Waals surface area (Å²) in [6.45, 7) is 12.9. The molecule has 450 valence electrons. The number of likely N-dealkylation sites (tertiary alicyclic amines) is 1. The van der Waals surface area contributed by atoms with Gasteiger partial charge in [-0.25, -0.2) is 18.8 Å². The fourth-order valence-corrected chi connectivity index (χ4v) is 9.52. The predicted molar refractivity (Wildman–Crippen MR) is 280 cm³/mol. The molecule has 1 saturated heterocycles. The summed E-state index contributed by atoms with van der Waals surface area (Å²) in [6, 6.07) is 2.09. The van der Waals surface area contributed by atoms with Gasteiger partial charge in [0.25, 0.3) is 5.91 Å². The summed E-state index contributed by atoms with van der Waals surface area (Å²) in [5, 5.41) is 12.2. The molecule has 1 aromatic carbocycles. The molecule has 4 rings (SSSR count). The second-order valence-electron chi connectivity index (χ2n) is 17.8. The normalized spacial score (nSPS) is 14.7. The van der Waals surface area contributed by atoms with E-state index in [1.54, 1.807) is 11.3 Å². The first-order chi connectivity index (χ1) is 38.1. The standard InChI is InChI=1S/C51H78F4N4O18S2/c1-3-11-59(76-4-2)51(62)38-34-41-40(57-42(56)35-38)36-39(78-41)6-5-37-7-12-58(13-8-37)43(60)9-14-66-16-18-68-20-22-70-24-26-72-28-30-74-32-33-75-31-29-73-27-25-71-23-21-69-19-17-67-15-10-44(61)77-49-45(52)47(54)50(79(63,64)65)48(55)46(49)53/h34,36-37,43,60H,3-33,35H2,1-2H3,(H2,56,57)(H,63,64,65). The number of aliphatic imine (C=N–C) groups is 1. The number of hydrogen-bond acceptors (Lipinski definition) is 21. The quantitative estimate of drug-likeness (QED) is 0.0149. The lowest BCUT2D eigenvalue weighted by atomic mass is 9.91. The molecular formula is C51H78F4N4O18S2. The van der Waals surface area contributed by atoms with Crippen LogP contribution in [0.2, 0.25) is 0 Å². The number of hydroxylamine groups is 2. The number of benzene rings is 1. The third-order valence-corrected chi connectivity index (χ3v) is 13.8. The fourth-order valence-electron chi connectivity index (χ4n) is 7.81. The molecular weight excluding hydrogens is 1100 g/mol. The van der Waals surface area contributed by atoms with Gasteiger partial charge in [-0.1, -0.05) is 6.92 Å². The van der Waals surface area contributed by atoms with Gasteiger partial charge in [0.15, 0.2) is 16.5 Å². The Morgan fingerprint density at radius 1 is 0.734 bits per heavy atom. The molecule has 1 aromatic heterocycles. The van der Waals surface area contributed by atoms with Gasteiger partial charge in [-0.15, -0.1) is 11.3 Å². The van der Waals surface area contributed by atoms with Crippen molar-refractivity contribution < 1.29 is 102 Å². The van der Waals surface area contributed by atoms with Crippen LogP contribution in [-0.2, 0) is 78.3 Å². The van der Waals surface area contributed by atoms with Crippen molar-refractivity contribution in [3.8, 4) is 5.75 Å². The molecule has 1 unspecified atom stereocenters. The number of piperidine rings is 1. The number of halogens is 4. The van der Waals surface area contributed by atoms with E-state index in [4.69, 9.17) is 62.5 Å². The highest BCUT2D eigenvalue weighted by Crippen LogP contribution is 2.37. The van der Waals surface area contributed by atoms with Crippen LogP contribution in [0.5, 0.6) is 5.75 Å². The molecule has 79 heavy (non-hydrogen) atoms. The van der Waals surface area contributed by atoms with E-state index in [0.29, 0.717) is 142 Å². The molecule has 3 heterocycles. The molecule has 1 atom stereocenters. The number of nitrogens with zero attached hydrogens (tertiary/aromatic N) is 3. The molecule has 2 aromatic rings. The third kappa shape index (κ3) is 25.9. The number of aryl methyl sites for hydroxylation is 1. The Morgan fingerprint density at radius 3 is 1.63 bits per heavy atom. The highest BCUT2D eigenvalue weighted by Gasteiger charge is 2.34. The van der Waals surface area contributed by atoms with E-state index in [1.165, 1.54) is 9.94 Å². The van der Waals surface area contributed by atoms with Crippen LogP contribution >= 0.6 is 11.3 Å². The van der Waals surface area contributed by atoms with Crippen LogP contribution in [-0.4, -0.2) is 210 Å². The number of aliphatic hydroxyl groups excluding tert-OH is 1. The lowest BCUT2D eigenvalue weighted by Crippen LogP contribution is -2.42. The average molecular weight is 1180 g/mol. The molecule has 0 bridgehead atoms. The number of carbonyl (C=O) groups is 2.